The lowest BCUT2D eigenvalue weighted by Gasteiger charge is -2.20. The van der Waals surface area contributed by atoms with E-state index in [1.54, 1.807) is 0 Å². The minimum atomic E-state index is -0.554. The summed E-state index contributed by atoms with van der Waals surface area (Å²) in [6.45, 7) is 7.31. The molecule has 2 nitrogen and oxygen atoms in total. The van der Waals surface area contributed by atoms with Crippen molar-refractivity contribution in [2.45, 2.75) is 32.8 Å². The minimum Gasteiger partial charge on any atom is -0.389 e. The molecule has 66 valence electrons. The van der Waals surface area contributed by atoms with Crippen molar-refractivity contribution in [1.29, 1.82) is 0 Å². The van der Waals surface area contributed by atoms with Crippen LogP contribution < -0.4 is 5.32 Å². The van der Waals surface area contributed by atoms with Gasteiger partial charge in [0, 0.05) is 13.1 Å². The Balaban J connectivity index is 3.37. The van der Waals surface area contributed by atoms with Gasteiger partial charge in [0.2, 0.25) is 0 Å². The van der Waals surface area contributed by atoms with Gasteiger partial charge in [-0.05, 0) is 20.3 Å². The highest BCUT2D eigenvalue weighted by molar-refractivity contribution is 4.81. The summed E-state index contributed by atoms with van der Waals surface area (Å²) in [5.41, 5.74) is -0.554. The lowest BCUT2D eigenvalue weighted by Crippen LogP contribution is -2.37. The molecule has 0 aromatic heterocycles. The predicted octanol–water partition coefficient (Wildman–Crippen LogP) is 1.31. The van der Waals surface area contributed by atoms with Crippen molar-refractivity contribution in [2.75, 3.05) is 13.1 Å². The standard InChI is InChI=1S/C9H19NO/c1-4-6-7-10-8-9(3,11)5-2/h4,6,10-11H,5,7-8H2,1-3H3/b6-4+. The molecule has 0 aliphatic carbocycles. The molecule has 0 aliphatic rings. The lowest BCUT2D eigenvalue weighted by molar-refractivity contribution is 0.0569. The molecule has 0 rings (SSSR count). The molecule has 0 radical (unpaired) electrons. The van der Waals surface area contributed by atoms with Crippen LogP contribution in [0.2, 0.25) is 0 Å². The highest BCUT2D eigenvalue weighted by Crippen LogP contribution is 2.05. The highest BCUT2D eigenvalue weighted by atomic mass is 16.3. The largest absolute Gasteiger partial charge is 0.389 e. The van der Waals surface area contributed by atoms with Crippen molar-refractivity contribution in [1.82, 2.24) is 5.32 Å². The van der Waals surface area contributed by atoms with E-state index in [1.165, 1.54) is 0 Å². The summed E-state index contributed by atoms with van der Waals surface area (Å²) in [5, 5.41) is 12.7. The Labute approximate surface area is 69.3 Å². The summed E-state index contributed by atoms with van der Waals surface area (Å²) in [4.78, 5) is 0. The third-order valence-electron chi connectivity index (χ3n) is 1.77. The monoisotopic (exact) mass is 157 g/mol. The van der Waals surface area contributed by atoms with E-state index in [4.69, 9.17) is 0 Å². The lowest BCUT2D eigenvalue weighted by atomic mass is 10.0. The summed E-state index contributed by atoms with van der Waals surface area (Å²) in [5.74, 6) is 0. The molecule has 0 amide bonds. The molecular weight excluding hydrogens is 138 g/mol. The van der Waals surface area contributed by atoms with Gasteiger partial charge in [-0.25, -0.2) is 0 Å². The summed E-state index contributed by atoms with van der Waals surface area (Å²) < 4.78 is 0. The quantitative estimate of drug-likeness (QED) is 0.466. The third-order valence-corrected chi connectivity index (χ3v) is 1.77. The van der Waals surface area contributed by atoms with E-state index in [2.05, 4.69) is 5.32 Å². The molecule has 2 heteroatoms. The molecular formula is C9H19NO. The van der Waals surface area contributed by atoms with Crippen molar-refractivity contribution in [3.8, 4) is 0 Å². The average Bonchev–Trinajstić information content (AvgIpc) is 1.99. The minimum absolute atomic E-state index is 0.554. The van der Waals surface area contributed by atoms with Gasteiger partial charge in [-0.15, -0.1) is 0 Å². The molecule has 0 aromatic carbocycles. The van der Waals surface area contributed by atoms with Gasteiger partial charge >= 0.3 is 0 Å². The first-order valence-electron chi connectivity index (χ1n) is 4.16. The van der Waals surface area contributed by atoms with E-state index in [1.807, 2.05) is 32.9 Å². The molecule has 0 heterocycles. The fraction of sp³-hybridized carbons (Fsp3) is 0.778. The maximum atomic E-state index is 9.54. The van der Waals surface area contributed by atoms with E-state index in [9.17, 15) is 5.11 Å². The van der Waals surface area contributed by atoms with Crippen molar-refractivity contribution < 1.29 is 5.11 Å². The van der Waals surface area contributed by atoms with Crippen LogP contribution in [0.1, 0.15) is 27.2 Å². The third kappa shape index (κ3) is 6.07. The summed E-state index contributed by atoms with van der Waals surface area (Å²) >= 11 is 0. The zero-order valence-corrected chi connectivity index (χ0v) is 7.72. The topological polar surface area (TPSA) is 32.3 Å². The second-order valence-corrected chi connectivity index (χ2v) is 3.05. The Hall–Kier alpha value is -0.340. The van der Waals surface area contributed by atoms with Crippen molar-refractivity contribution in [3.05, 3.63) is 12.2 Å². The fourth-order valence-corrected chi connectivity index (χ4v) is 0.668. The van der Waals surface area contributed by atoms with Crippen LogP contribution in [0.25, 0.3) is 0 Å². The van der Waals surface area contributed by atoms with Crippen LogP contribution in [0.5, 0.6) is 0 Å². The molecule has 0 saturated heterocycles. The van der Waals surface area contributed by atoms with Crippen molar-refractivity contribution in [3.63, 3.8) is 0 Å². The van der Waals surface area contributed by atoms with E-state index in [0.29, 0.717) is 6.54 Å². The number of nitrogens with one attached hydrogen (secondary N) is 1. The Kier molecular flexibility index (Phi) is 5.16. The first kappa shape index (κ1) is 10.7. The molecule has 1 unspecified atom stereocenters. The maximum Gasteiger partial charge on any atom is 0.0741 e. The van der Waals surface area contributed by atoms with Crippen LogP contribution in [-0.2, 0) is 0 Å². The number of aliphatic hydroxyl groups is 1. The van der Waals surface area contributed by atoms with Crippen LogP contribution in [-0.4, -0.2) is 23.8 Å². The van der Waals surface area contributed by atoms with Gasteiger partial charge in [0.1, 0.15) is 0 Å². The normalized spacial score (nSPS) is 17.1. The van der Waals surface area contributed by atoms with Crippen molar-refractivity contribution >= 4 is 0 Å². The van der Waals surface area contributed by atoms with Gasteiger partial charge in [-0.1, -0.05) is 19.1 Å². The molecule has 0 aliphatic heterocycles. The van der Waals surface area contributed by atoms with Crippen LogP contribution in [0.15, 0.2) is 12.2 Å². The Morgan fingerprint density at radius 1 is 1.55 bits per heavy atom. The summed E-state index contributed by atoms with van der Waals surface area (Å²) in [6.07, 6.45) is 4.81. The van der Waals surface area contributed by atoms with E-state index in [0.717, 1.165) is 13.0 Å². The molecule has 0 bridgehead atoms. The van der Waals surface area contributed by atoms with E-state index >= 15 is 0 Å². The molecule has 0 spiro atoms. The van der Waals surface area contributed by atoms with E-state index in [-0.39, 0.29) is 0 Å². The van der Waals surface area contributed by atoms with Gasteiger partial charge in [0.15, 0.2) is 0 Å². The average molecular weight is 157 g/mol. The van der Waals surface area contributed by atoms with Gasteiger partial charge in [-0.2, -0.15) is 0 Å². The zero-order chi connectivity index (χ0) is 8.74. The van der Waals surface area contributed by atoms with Crippen LogP contribution in [0, 0.1) is 0 Å². The van der Waals surface area contributed by atoms with Crippen molar-refractivity contribution in [2.24, 2.45) is 0 Å². The molecule has 2 N–H and O–H groups in total. The van der Waals surface area contributed by atoms with Gasteiger partial charge in [-0.3, -0.25) is 0 Å². The summed E-state index contributed by atoms with van der Waals surface area (Å²) in [7, 11) is 0. The highest BCUT2D eigenvalue weighted by Gasteiger charge is 2.15. The number of hydrogen-bond acceptors (Lipinski definition) is 2. The second kappa shape index (κ2) is 5.33. The van der Waals surface area contributed by atoms with Crippen LogP contribution >= 0.6 is 0 Å². The predicted molar refractivity (Wildman–Crippen MR) is 48.6 cm³/mol. The molecule has 1 atom stereocenters. The Bertz CT molecular complexity index is 119. The van der Waals surface area contributed by atoms with Gasteiger partial charge in [0.25, 0.3) is 0 Å². The number of rotatable bonds is 5. The smallest absolute Gasteiger partial charge is 0.0741 e. The Morgan fingerprint density at radius 3 is 2.64 bits per heavy atom. The molecule has 0 saturated carbocycles. The zero-order valence-electron chi connectivity index (χ0n) is 7.72. The second-order valence-electron chi connectivity index (χ2n) is 3.05. The maximum absolute atomic E-state index is 9.54. The number of allylic oxidation sites excluding steroid dienone is 1. The molecule has 0 aromatic rings. The molecule has 0 fully saturated rings. The molecule has 11 heavy (non-hydrogen) atoms. The fourth-order valence-electron chi connectivity index (χ4n) is 0.668. The SMILES string of the molecule is C/C=C/CNCC(C)(O)CC. The first-order valence-corrected chi connectivity index (χ1v) is 4.16. The van der Waals surface area contributed by atoms with E-state index < -0.39 is 5.60 Å². The Morgan fingerprint density at radius 2 is 2.18 bits per heavy atom. The van der Waals surface area contributed by atoms with Gasteiger partial charge < -0.3 is 10.4 Å². The van der Waals surface area contributed by atoms with Crippen LogP contribution in [0.4, 0.5) is 0 Å². The van der Waals surface area contributed by atoms with Gasteiger partial charge in [0.05, 0.1) is 5.60 Å². The van der Waals surface area contributed by atoms with Crippen LogP contribution in [0.3, 0.4) is 0 Å². The summed E-state index contributed by atoms with van der Waals surface area (Å²) in [6, 6.07) is 0. The number of hydrogen-bond donors (Lipinski definition) is 2. The first-order chi connectivity index (χ1) is 5.12.